The molecule has 7 N–H and O–H groups in total. The normalized spacial score (nSPS) is 27.9. The van der Waals surface area contributed by atoms with Crippen LogP contribution in [0.1, 0.15) is 86.5 Å². The first-order valence-corrected chi connectivity index (χ1v) is 16.2. The fourth-order valence-corrected chi connectivity index (χ4v) is 5.19. The molecule has 7 atom stereocenters. The van der Waals surface area contributed by atoms with Gasteiger partial charge in [-0.25, -0.2) is 0 Å². The highest BCUT2D eigenvalue weighted by Crippen LogP contribution is 2.21. The molecule has 1 aliphatic rings. The van der Waals surface area contributed by atoms with Crippen LogP contribution in [0.4, 0.5) is 0 Å². The van der Waals surface area contributed by atoms with E-state index in [1.165, 1.54) is 4.90 Å². The van der Waals surface area contributed by atoms with Gasteiger partial charge in [0.1, 0.15) is 24.2 Å². The van der Waals surface area contributed by atoms with E-state index in [4.69, 9.17) is 10.5 Å². The summed E-state index contributed by atoms with van der Waals surface area (Å²) in [4.78, 5) is 68.3. The van der Waals surface area contributed by atoms with Crippen LogP contribution in [0.15, 0.2) is 0 Å². The molecule has 0 aromatic heterocycles. The molecule has 1 aliphatic heterocycles. The van der Waals surface area contributed by atoms with Crippen molar-refractivity contribution in [1.29, 1.82) is 0 Å². The molecule has 1 heterocycles. The van der Waals surface area contributed by atoms with E-state index in [1.54, 1.807) is 20.9 Å². The monoisotopic (exact) mass is 626 g/mol. The van der Waals surface area contributed by atoms with E-state index >= 15 is 0 Å². The molecule has 0 unspecified atom stereocenters. The lowest BCUT2D eigenvalue weighted by Crippen LogP contribution is -2.61. The fraction of sp³-hybridized carbons (Fsp3) is 0.839. The maximum atomic E-state index is 13.8. The summed E-state index contributed by atoms with van der Waals surface area (Å²) in [6.45, 7) is 10.7. The molecule has 0 aromatic rings. The van der Waals surface area contributed by atoms with Crippen LogP contribution in [0.2, 0.25) is 0 Å². The van der Waals surface area contributed by atoms with Gasteiger partial charge in [-0.05, 0) is 24.7 Å². The molecule has 0 radical (unpaired) electrons. The number of ether oxygens (including phenoxy) is 1. The van der Waals surface area contributed by atoms with Crippen LogP contribution >= 0.6 is 0 Å². The van der Waals surface area contributed by atoms with Gasteiger partial charge in [-0.1, -0.05) is 73.6 Å². The summed E-state index contributed by atoms with van der Waals surface area (Å²) in [6, 6.07) is -4.36. The zero-order chi connectivity index (χ0) is 33.4. The number of aliphatic hydroxyl groups excluding tert-OH is 1. The third-order valence-electron chi connectivity index (χ3n) is 8.31. The maximum absolute atomic E-state index is 13.8. The second-order valence-corrected chi connectivity index (χ2v) is 12.3. The van der Waals surface area contributed by atoms with Gasteiger partial charge in [0.25, 0.3) is 0 Å². The zero-order valence-corrected chi connectivity index (χ0v) is 27.8. The van der Waals surface area contributed by atoms with Gasteiger partial charge in [-0.3, -0.25) is 24.0 Å². The molecule has 44 heavy (non-hydrogen) atoms. The molecule has 0 saturated carbocycles. The van der Waals surface area contributed by atoms with Gasteiger partial charge < -0.3 is 41.7 Å². The van der Waals surface area contributed by atoms with E-state index in [1.807, 2.05) is 20.8 Å². The second-order valence-electron chi connectivity index (χ2n) is 12.3. The zero-order valence-electron chi connectivity index (χ0n) is 27.8. The minimum absolute atomic E-state index is 0.0725. The van der Waals surface area contributed by atoms with Gasteiger partial charge >= 0.3 is 0 Å². The predicted molar refractivity (Wildman–Crippen MR) is 168 cm³/mol. The van der Waals surface area contributed by atoms with Crippen LogP contribution in [-0.2, 0) is 28.7 Å². The van der Waals surface area contributed by atoms with Crippen molar-refractivity contribution < 1.29 is 33.8 Å². The Morgan fingerprint density at radius 1 is 0.932 bits per heavy atom. The number of carbonyl (C=O) groups excluding carboxylic acids is 5. The lowest BCUT2D eigenvalue weighted by Gasteiger charge is -2.34. The molecular formula is C31H58N6O7. The molecular weight excluding hydrogens is 568 g/mol. The number of nitrogens with one attached hydrogen (secondary N) is 4. The van der Waals surface area contributed by atoms with Crippen LogP contribution in [0, 0.1) is 17.8 Å². The van der Waals surface area contributed by atoms with Crippen LogP contribution in [-0.4, -0.2) is 103 Å². The van der Waals surface area contributed by atoms with Crippen LogP contribution in [0.3, 0.4) is 0 Å². The smallest absolute Gasteiger partial charge is 0.245 e. The van der Waals surface area contributed by atoms with E-state index in [2.05, 4.69) is 28.2 Å². The Hall–Kier alpha value is -2.77. The molecule has 0 bridgehead atoms. The Kier molecular flexibility index (Phi) is 18.1. The Bertz CT molecular complexity index is 933. The molecule has 1 rings (SSSR count). The maximum Gasteiger partial charge on any atom is 0.245 e. The summed E-state index contributed by atoms with van der Waals surface area (Å²) in [5.41, 5.74) is 5.80. The van der Waals surface area contributed by atoms with Crippen molar-refractivity contribution in [1.82, 2.24) is 26.2 Å². The minimum Gasteiger partial charge on any atom is -0.394 e. The summed E-state index contributed by atoms with van der Waals surface area (Å²) < 4.78 is 6.13. The number of unbranched alkanes of at least 4 members (excludes halogenated alkanes) is 3. The topological polar surface area (TPSA) is 192 Å². The molecule has 1 saturated heterocycles. The van der Waals surface area contributed by atoms with Crippen molar-refractivity contribution in [2.45, 2.75) is 117 Å². The van der Waals surface area contributed by atoms with Gasteiger partial charge in [0.15, 0.2) is 0 Å². The number of nitrogens with zero attached hydrogens (tertiary/aromatic N) is 1. The Labute approximate surface area is 263 Å². The molecule has 0 aromatic carbocycles. The highest BCUT2D eigenvalue weighted by Gasteiger charge is 2.37. The number of aliphatic hydroxyl groups is 1. The average molecular weight is 627 g/mol. The third-order valence-corrected chi connectivity index (χ3v) is 8.31. The van der Waals surface area contributed by atoms with E-state index in [0.29, 0.717) is 19.3 Å². The van der Waals surface area contributed by atoms with Gasteiger partial charge in [0.2, 0.25) is 29.5 Å². The molecule has 1 fully saturated rings. The van der Waals surface area contributed by atoms with Gasteiger partial charge in [0, 0.05) is 20.1 Å². The van der Waals surface area contributed by atoms with Crippen LogP contribution < -0.4 is 27.0 Å². The van der Waals surface area contributed by atoms with E-state index < -0.39 is 66.4 Å². The number of rotatable bonds is 11. The van der Waals surface area contributed by atoms with Gasteiger partial charge in [-0.2, -0.15) is 0 Å². The second kappa shape index (κ2) is 20.3. The van der Waals surface area contributed by atoms with Crippen molar-refractivity contribution in [3.63, 3.8) is 0 Å². The average Bonchev–Trinajstić information content (AvgIpc) is 3.00. The summed E-state index contributed by atoms with van der Waals surface area (Å²) >= 11 is 0. The summed E-state index contributed by atoms with van der Waals surface area (Å²) in [5, 5.41) is 20.3. The number of likely N-dealkylation sites (N-methyl/N-ethyl adjacent to an activating group) is 1. The largest absolute Gasteiger partial charge is 0.394 e. The Balaban J connectivity index is 3.49. The molecule has 254 valence electrons. The molecule has 13 heteroatoms. The Morgan fingerprint density at radius 3 is 2.16 bits per heavy atom. The quantitative estimate of drug-likeness (QED) is 0.178. The summed E-state index contributed by atoms with van der Waals surface area (Å²) in [7, 11) is 1.60. The number of nitrogens with two attached hydrogens (primary N) is 1. The van der Waals surface area contributed by atoms with E-state index in [9.17, 15) is 29.1 Å². The molecule has 5 amide bonds. The number of hydrogen-bond acceptors (Lipinski definition) is 8. The Morgan fingerprint density at radius 2 is 1.59 bits per heavy atom. The number of amides is 5. The first-order chi connectivity index (χ1) is 20.8. The predicted octanol–water partition coefficient (Wildman–Crippen LogP) is 0.433. The highest BCUT2D eigenvalue weighted by molar-refractivity contribution is 5.96. The van der Waals surface area contributed by atoms with Crippen molar-refractivity contribution in [2.75, 3.05) is 33.4 Å². The lowest BCUT2D eigenvalue weighted by molar-refractivity contribution is -0.147. The summed E-state index contributed by atoms with van der Waals surface area (Å²) in [6.07, 6.45) is 5.06. The van der Waals surface area contributed by atoms with Crippen molar-refractivity contribution in [2.24, 2.45) is 23.5 Å². The minimum atomic E-state index is -1.28. The molecule has 0 spiro atoms. The SMILES string of the molecule is CCCCCC[C@H]1OCCNC(=O)[C@H](CO)NC(=O)[C@H](CN)NC(=O)[C@H]([C@H](C)CC)NC(=O)[C@H](CC(C)C)N(C)C(=O)[C@@H]1C. The number of carbonyl (C=O) groups is 5. The number of hydrogen-bond donors (Lipinski definition) is 6. The standard InChI is InChI=1S/C31H58N6O7/c1-8-10-11-12-13-25-21(6)31(43)37(7)24(16-19(3)4)29(41)36-26(20(5)9-2)30(42)34-22(17-32)28(40)35-23(18-38)27(39)33-14-15-44-25/h19-26,38H,8-18,32H2,1-7H3,(H,33,39)(H,34,42)(H,35,40)(H,36,41)/t20-,21-,22+,23+,24+,25-,26+/m1/s1. The van der Waals surface area contributed by atoms with E-state index in [-0.39, 0.29) is 37.4 Å². The van der Waals surface area contributed by atoms with Crippen LogP contribution in [0.5, 0.6) is 0 Å². The summed E-state index contributed by atoms with van der Waals surface area (Å²) in [5.74, 6) is -3.54. The third kappa shape index (κ3) is 12.3. The molecule has 13 nitrogen and oxygen atoms in total. The first-order valence-electron chi connectivity index (χ1n) is 16.2. The first kappa shape index (κ1) is 39.3. The van der Waals surface area contributed by atoms with Crippen molar-refractivity contribution >= 4 is 29.5 Å². The van der Waals surface area contributed by atoms with Crippen molar-refractivity contribution in [3.05, 3.63) is 0 Å². The lowest BCUT2D eigenvalue weighted by atomic mass is 9.94. The fourth-order valence-electron chi connectivity index (χ4n) is 5.19. The van der Waals surface area contributed by atoms with Crippen molar-refractivity contribution in [3.8, 4) is 0 Å². The highest BCUT2D eigenvalue weighted by atomic mass is 16.5. The van der Waals surface area contributed by atoms with Crippen LogP contribution in [0.25, 0.3) is 0 Å². The van der Waals surface area contributed by atoms with Gasteiger partial charge in [0.05, 0.1) is 25.2 Å². The van der Waals surface area contributed by atoms with Gasteiger partial charge in [-0.15, -0.1) is 0 Å². The molecule has 0 aliphatic carbocycles. The van der Waals surface area contributed by atoms with E-state index in [0.717, 1.165) is 25.7 Å².